The highest BCUT2D eigenvalue weighted by atomic mass is 127. The van der Waals surface area contributed by atoms with Crippen LogP contribution in [-0.2, 0) is 6.42 Å². The number of fused-ring (bicyclic) bond motifs is 2. The molecule has 0 saturated heterocycles. The van der Waals surface area contributed by atoms with Crippen molar-refractivity contribution in [3.63, 3.8) is 0 Å². The van der Waals surface area contributed by atoms with Crippen molar-refractivity contribution in [2.75, 3.05) is 0 Å². The van der Waals surface area contributed by atoms with Gasteiger partial charge in [-0.05, 0) is 66.1 Å². The van der Waals surface area contributed by atoms with Crippen LogP contribution in [0.3, 0.4) is 0 Å². The van der Waals surface area contributed by atoms with E-state index in [1.54, 1.807) is 18.2 Å². The van der Waals surface area contributed by atoms with E-state index in [1.165, 1.54) is 0 Å². The molecule has 1 atom stereocenters. The molecule has 0 spiro atoms. The lowest BCUT2D eigenvalue weighted by molar-refractivity contribution is 0.182. The molecule has 0 fully saturated rings. The van der Waals surface area contributed by atoms with Gasteiger partial charge < -0.3 is 9.84 Å². The molecule has 0 amide bonds. The monoisotopic (exact) mass is 460 g/mol. The summed E-state index contributed by atoms with van der Waals surface area (Å²) in [6.45, 7) is 0. The first-order valence-corrected chi connectivity index (χ1v) is 9.13. The van der Waals surface area contributed by atoms with Gasteiger partial charge in [0.05, 0.1) is 5.52 Å². The average Bonchev–Trinajstić information content (AvgIpc) is 2.98. The topological polar surface area (TPSA) is 101 Å². The van der Waals surface area contributed by atoms with Gasteiger partial charge in [0, 0.05) is 16.6 Å². The lowest BCUT2D eigenvalue weighted by Gasteiger charge is -2.25. The van der Waals surface area contributed by atoms with Crippen LogP contribution in [0.5, 0.6) is 5.75 Å². The van der Waals surface area contributed by atoms with E-state index in [0.29, 0.717) is 20.7 Å². The van der Waals surface area contributed by atoms with Crippen LogP contribution in [0.4, 0.5) is 4.79 Å². The molecule has 0 aliphatic heterocycles. The molecule has 7 nitrogen and oxygen atoms in total. The standard InChI is InChI=1S/C18H13IN4O3/c19-17-13-8-11(5-7-15(13)23(22-17)18(24)25)26-16-3-1-2-14-12(16)6-4-10(9-20)21-14/h4-8,16H,1-3H2,(H,24,25). The van der Waals surface area contributed by atoms with E-state index in [2.05, 4.69) is 16.2 Å². The Labute approximate surface area is 162 Å². The van der Waals surface area contributed by atoms with Gasteiger partial charge in [0.15, 0.2) is 0 Å². The molecule has 1 aromatic carbocycles. The third-order valence-corrected chi connectivity index (χ3v) is 5.21. The second kappa shape index (κ2) is 6.57. The Morgan fingerprint density at radius 2 is 2.23 bits per heavy atom. The minimum atomic E-state index is -1.12. The third kappa shape index (κ3) is 2.88. The smallest absolute Gasteiger partial charge is 0.432 e. The number of nitrogens with zero attached hydrogens (tertiary/aromatic N) is 4. The number of carboxylic acid groups (broad SMARTS) is 1. The van der Waals surface area contributed by atoms with Crippen molar-refractivity contribution in [2.24, 2.45) is 0 Å². The highest BCUT2D eigenvalue weighted by molar-refractivity contribution is 14.1. The normalized spacial score (nSPS) is 16.1. The van der Waals surface area contributed by atoms with E-state index < -0.39 is 6.09 Å². The summed E-state index contributed by atoms with van der Waals surface area (Å²) in [6, 6.07) is 11.0. The van der Waals surface area contributed by atoms with Crippen LogP contribution >= 0.6 is 22.6 Å². The van der Waals surface area contributed by atoms with E-state index in [1.807, 2.05) is 34.7 Å². The van der Waals surface area contributed by atoms with Crippen molar-refractivity contribution in [3.05, 3.63) is 51.0 Å². The van der Waals surface area contributed by atoms with Gasteiger partial charge in [-0.25, -0.2) is 9.78 Å². The lowest BCUT2D eigenvalue weighted by Crippen LogP contribution is -2.17. The summed E-state index contributed by atoms with van der Waals surface area (Å²) in [6.07, 6.45) is 1.39. The molecule has 26 heavy (non-hydrogen) atoms. The molecule has 1 unspecified atom stereocenters. The van der Waals surface area contributed by atoms with E-state index in [4.69, 9.17) is 10.00 Å². The van der Waals surface area contributed by atoms with Crippen LogP contribution in [0.25, 0.3) is 10.9 Å². The zero-order valence-electron chi connectivity index (χ0n) is 13.5. The summed E-state index contributed by atoms with van der Waals surface area (Å²) in [5.41, 5.74) is 2.86. The van der Waals surface area contributed by atoms with Crippen LogP contribution in [0.2, 0.25) is 0 Å². The van der Waals surface area contributed by atoms with Crippen LogP contribution in [0, 0.1) is 15.0 Å². The maximum absolute atomic E-state index is 11.3. The number of hydrogen-bond acceptors (Lipinski definition) is 5. The van der Waals surface area contributed by atoms with Crippen molar-refractivity contribution >= 4 is 39.6 Å². The Hall–Kier alpha value is -2.67. The zero-order valence-corrected chi connectivity index (χ0v) is 15.7. The van der Waals surface area contributed by atoms with Gasteiger partial charge in [-0.15, -0.1) is 0 Å². The Balaban J connectivity index is 1.68. The number of halogens is 1. The highest BCUT2D eigenvalue weighted by Gasteiger charge is 2.24. The van der Waals surface area contributed by atoms with Crippen molar-refractivity contribution in [2.45, 2.75) is 25.4 Å². The van der Waals surface area contributed by atoms with E-state index in [9.17, 15) is 9.90 Å². The van der Waals surface area contributed by atoms with E-state index >= 15 is 0 Å². The van der Waals surface area contributed by atoms with Gasteiger partial charge in [-0.3, -0.25) is 0 Å². The fourth-order valence-electron chi connectivity index (χ4n) is 3.24. The molecule has 130 valence electrons. The highest BCUT2D eigenvalue weighted by Crippen LogP contribution is 2.34. The van der Waals surface area contributed by atoms with Gasteiger partial charge in [-0.1, -0.05) is 6.07 Å². The molecule has 0 bridgehead atoms. The summed E-state index contributed by atoms with van der Waals surface area (Å²) < 4.78 is 7.75. The number of ether oxygens (including phenoxy) is 1. The number of pyridine rings is 1. The summed E-state index contributed by atoms with van der Waals surface area (Å²) >= 11 is 2.02. The Kier molecular flexibility index (Phi) is 4.24. The SMILES string of the molecule is N#Cc1ccc2c(n1)CCCC2Oc1ccc2c(c1)c(I)nn2C(=O)O. The van der Waals surface area contributed by atoms with Crippen molar-refractivity contribution in [3.8, 4) is 11.8 Å². The fraction of sp³-hybridized carbons (Fsp3) is 0.222. The van der Waals surface area contributed by atoms with Crippen molar-refractivity contribution in [1.82, 2.24) is 14.8 Å². The molecule has 3 aromatic rings. The Morgan fingerprint density at radius 1 is 1.38 bits per heavy atom. The number of carbonyl (C=O) groups is 1. The summed E-state index contributed by atoms with van der Waals surface area (Å²) in [5.74, 6) is 0.655. The maximum atomic E-state index is 11.3. The predicted molar refractivity (Wildman–Crippen MR) is 101 cm³/mol. The second-order valence-electron chi connectivity index (χ2n) is 6.01. The number of aryl methyl sites for hydroxylation is 1. The first kappa shape index (κ1) is 16.8. The van der Waals surface area contributed by atoms with Crippen LogP contribution in [0.15, 0.2) is 30.3 Å². The molecule has 2 aromatic heterocycles. The lowest BCUT2D eigenvalue weighted by atomic mass is 9.93. The zero-order chi connectivity index (χ0) is 18.3. The molecular weight excluding hydrogens is 447 g/mol. The van der Waals surface area contributed by atoms with Crippen molar-refractivity contribution in [1.29, 1.82) is 5.26 Å². The van der Waals surface area contributed by atoms with Crippen LogP contribution in [-0.4, -0.2) is 26.0 Å². The molecule has 8 heteroatoms. The minimum absolute atomic E-state index is 0.136. The van der Waals surface area contributed by atoms with Gasteiger partial charge in [0.25, 0.3) is 0 Å². The summed E-state index contributed by atoms with van der Waals surface area (Å²) in [5, 5.41) is 23.0. The first-order valence-electron chi connectivity index (χ1n) is 8.05. The van der Waals surface area contributed by atoms with Gasteiger partial charge in [0.2, 0.25) is 0 Å². The largest absolute Gasteiger partial charge is 0.486 e. The Morgan fingerprint density at radius 3 is 3.00 bits per heavy atom. The van der Waals surface area contributed by atoms with Gasteiger partial charge >= 0.3 is 6.09 Å². The van der Waals surface area contributed by atoms with E-state index in [0.717, 1.165) is 40.6 Å². The molecular formula is C18H13IN4O3. The van der Waals surface area contributed by atoms with Crippen LogP contribution < -0.4 is 4.74 Å². The Bertz CT molecular complexity index is 1070. The maximum Gasteiger partial charge on any atom is 0.432 e. The fourth-order valence-corrected chi connectivity index (χ4v) is 3.89. The molecule has 1 N–H and O–H groups in total. The average molecular weight is 460 g/mol. The van der Waals surface area contributed by atoms with E-state index in [-0.39, 0.29) is 6.10 Å². The summed E-state index contributed by atoms with van der Waals surface area (Å²) in [7, 11) is 0. The molecule has 0 saturated carbocycles. The van der Waals surface area contributed by atoms with Crippen LogP contribution in [0.1, 0.15) is 35.9 Å². The predicted octanol–water partition coefficient (Wildman–Crippen LogP) is 3.89. The third-order valence-electron chi connectivity index (χ3n) is 4.42. The molecule has 0 radical (unpaired) electrons. The van der Waals surface area contributed by atoms with Gasteiger partial charge in [-0.2, -0.15) is 15.0 Å². The number of benzene rings is 1. The number of rotatable bonds is 2. The number of nitriles is 1. The second-order valence-corrected chi connectivity index (χ2v) is 7.03. The molecule has 1 aliphatic carbocycles. The minimum Gasteiger partial charge on any atom is -0.486 e. The van der Waals surface area contributed by atoms with Gasteiger partial charge in [0.1, 0.15) is 27.3 Å². The summed E-state index contributed by atoms with van der Waals surface area (Å²) in [4.78, 5) is 15.6. The number of aromatic nitrogens is 3. The molecule has 1 aliphatic rings. The van der Waals surface area contributed by atoms with Crippen molar-refractivity contribution < 1.29 is 14.6 Å². The number of hydrogen-bond donors (Lipinski definition) is 1. The first-order chi connectivity index (χ1) is 12.6. The quantitative estimate of drug-likeness (QED) is 0.583. The molecule has 4 rings (SSSR count). The molecule has 2 heterocycles.